The van der Waals surface area contributed by atoms with Crippen LogP contribution in [0, 0.1) is 0 Å². The van der Waals surface area contributed by atoms with Gasteiger partial charge in [-0.3, -0.25) is 14.9 Å². The predicted octanol–water partition coefficient (Wildman–Crippen LogP) is 3.63. The topological polar surface area (TPSA) is 87.7 Å². The first-order valence-corrected chi connectivity index (χ1v) is 12.0. The van der Waals surface area contributed by atoms with Gasteiger partial charge in [-0.05, 0) is 36.6 Å². The molecule has 10 heteroatoms. The van der Waals surface area contributed by atoms with Crippen LogP contribution in [0.5, 0.6) is 0 Å². The lowest BCUT2D eigenvalue weighted by molar-refractivity contribution is -0.217. The fraction of sp³-hybridized carbons (Fsp3) is 0.370. The lowest BCUT2D eigenvalue weighted by Crippen LogP contribution is -2.60. The zero-order valence-corrected chi connectivity index (χ0v) is 20.7. The fourth-order valence-corrected chi connectivity index (χ4v) is 4.10. The summed E-state index contributed by atoms with van der Waals surface area (Å²) in [5, 5.41) is 5.06. The summed E-state index contributed by atoms with van der Waals surface area (Å²) < 4.78 is 43.1. The molecule has 2 aromatic carbocycles. The summed E-state index contributed by atoms with van der Waals surface area (Å²) in [6, 6.07) is 16.4. The van der Waals surface area contributed by atoms with E-state index in [4.69, 9.17) is 0 Å². The first-order chi connectivity index (χ1) is 17.6. The van der Waals surface area contributed by atoms with Crippen LogP contribution in [0.1, 0.15) is 36.5 Å². The molecule has 2 N–H and O–H groups in total. The van der Waals surface area contributed by atoms with Crippen molar-refractivity contribution in [1.29, 1.82) is 0 Å². The Morgan fingerprint density at radius 3 is 2.16 bits per heavy atom. The van der Waals surface area contributed by atoms with Gasteiger partial charge in [0, 0.05) is 31.6 Å². The first kappa shape index (κ1) is 27.9. The summed E-state index contributed by atoms with van der Waals surface area (Å²) in [4.78, 5) is 39.2. The SMILES string of the molecule is CC[C@](NC)(OC(=O)C(F)(F)F)C(=O)N[C@H](/C=C/C(=O)N1Cc2ccccc2C1)CCc1ccccc1. The van der Waals surface area contributed by atoms with E-state index in [1.807, 2.05) is 54.6 Å². The quantitative estimate of drug-likeness (QED) is 0.286. The number of amides is 2. The summed E-state index contributed by atoms with van der Waals surface area (Å²) in [6.07, 6.45) is -1.75. The summed E-state index contributed by atoms with van der Waals surface area (Å²) in [6.45, 7) is 2.35. The Labute approximate surface area is 213 Å². The van der Waals surface area contributed by atoms with Crippen molar-refractivity contribution >= 4 is 17.8 Å². The van der Waals surface area contributed by atoms with Gasteiger partial charge in [-0.25, -0.2) is 4.79 Å². The number of hydrogen-bond acceptors (Lipinski definition) is 5. The molecule has 2 atom stereocenters. The Balaban J connectivity index is 1.75. The van der Waals surface area contributed by atoms with Gasteiger partial charge in [0.25, 0.3) is 5.91 Å². The molecule has 2 aromatic rings. The number of likely N-dealkylation sites (N-methyl/N-ethyl adjacent to an activating group) is 1. The Morgan fingerprint density at radius 2 is 1.62 bits per heavy atom. The van der Waals surface area contributed by atoms with Gasteiger partial charge >= 0.3 is 12.1 Å². The minimum Gasteiger partial charge on any atom is -0.428 e. The number of ether oxygens (including phenoxy) is 1. The number of aryl methyl sites for hydroxylation is 1. The summed E-state index contributed by atoms with van der Waals surface area (Å²) in [7, 11) is 1.23. The molecule has 1 heterocycles. The number of nitrogens with zero attached hydrogens (tertiary/aromatic N) is 1. The van der Waals surface area contributed by atoms with Crippen molar-refractivity contribution in [3.63, 3.8) is 0 Å². The van der Waals surface area contributed by atoms with Crippen molar-refractivity contribution in [2.75, 3.05) is 7.05 Å². The van der Waals surface area contributed by atoms with Crippen LogP contribution in [-0.4, -0.2) is 47.7 Å². The monoisotopic (exact) mass is 517 g/mol. The molecular weight excluding hydrogens is 487 g/mol. The van der Waals surface area contributed by atoms with Crippen molar-refractivity contribution in [2.24, 2.45) is 0 Å². The van der Waals surface area contributed by atoms with Gasteiger partial charge in [0.2, 0.25) is 11.6 Å². The number of nitrogens with one attached hydrogen (secondary N) is 2. The number of halogens is 3. The van der Waals surface area contributed by atoms with Gasteiger partial charge in [0.05, 0.1) is 0 Å². The van der Waals surface area contributed by atoms with Crippen LogP contribution in [0.3, 0.4) is 0 Å². The van der Waals surface area contributed by atoms with E-state index in [1.54, 1.807) is 4.90 Å². The number of fused-ring (bicyclic) bond motifs is 1. The molecule has 0 aliphatic carbocycles. The van der Waals surface area contributed by atoms with Crippen molar-refractivity contribution in [3.05, 3.63) is 83.4 Å². The van der Waals surface area contributed by atoms with E-state index in [9.17, 15) is 27.6 Å². The van der Waals surface area contributed by atoms with E-state index in [2.05, 4.69) is 15.4 Å². The normalized spacial score (nSPS) is 15.6. The number of carbonyl (C=O) groups is 3. The number of alkyl halides is 3. The maximum atomic E-state index is 13.1. The Hall–Kier alpha value is -3.66. The lowest BCUT2D eigenvalue weighted by Gasteiger charge is -2.32. The van der Waals surface area contributed by atoms with E-state index in [0.717, 1.165) is 16.7 Å². The van der Waals surface area contributed by atoms with Crippen LogP contribution >= 0.6 is 0 Å². The highest BCUT2D eigenvalue weighted by molar-refractivity contribution is 5.90. The van der Waals surface area contributed by atoms with Gasteiger partial charge < -0.3 is 15.0 Å². The molecule has 0 saturated carbocycles. The maximum absolute atomic E-state index is 13.1. The molecular formula is C27H30F3N3O4. The van der Waals surface area contributed by atoms with Crippen molar-refractivity contribution in [3.8, 4) is 0 Å². The standard InChI is InChI=1S/C27H30F3N3O4/c1-3-26(31-2,37-25(36)27(28,29)30)24(35)32-22(14-13-19-9-5-4-6-10-19)15-16-23(34)33-17-20-11-7-8-12-21(20)18-33/h4-12,15-16,22,31H,3,13-14,17-18H2,1-2H3,(H,32,35)/b16-15+/t22-,26-/m0/s1. The third kappa shape index (κ3) is 7.19. The predicted molar refractivity (Wildman–Crippen MR) is 131 cm³/mol. The van der Waals surface area contributed by atoms with Crippen LogP contribution < -0.4 is 10.6 Å². The van der Waals surface area contributed by atoms with Gasteiger partial charge in [0.1, 0.15) is 0 Å². The zero-order valence-electron chi connectivity index (χ0n) is 20.7. The van der Waals surface area contributed by atoms with Crippen molar-refractivity contribution in [1.82, 2.24) is 15.5 Å². The average Bonchev–Trinajstić information content (AvgIpc) is 3.33. The lowest BCUT2D eigenvalue weighted by atomic mass is 10.0. The first-order valence-electron chi connectivity index (χ1n) is 12.0. The molecule has 0 bridgehead atoms. The highest BCUT2D eigenvalue weighted by Gasteiger charge is 2.49. The Morgan fingerprint density at radius 1 is 1.03 bits per heavy atom. The maximum Gasteiger partial charge on any atom is 0.491 e. The van der Waals surface area contributed by atoms with Gasteiger partial charge in [-0.1, -0.05) is 67.6 Å². The molecule has 3 rings (SSSR count). The van der Waals surface area contributed by atoms with E-state index < -0.39 is 29.8 Å². The summed E-state index contributed by atoms with van der Waals surface area (Å²) >= 11 is 0. The smallest absolute Gasteiger partial charge is 0.428 e. The molecule has 0 fully saturated rings. The van der Waals surface area contributed by atoms with Gasteiger partial charge in [-0.15, -0.1) is 0 Å². The number of carbonyl (C=O) groups excluding carboxylic acids is 3. The molecule has 0 aromatic heterocycles. The Bertz CT molecular complexity index is 1110. The van der Waals surface area contributed by atoms with Gasteiger partial charge in [-0.2, -0.15) is 13.2 Å². The molecule has 0 saturated heterocycles. The molecule has 2 amide bonds. The fourth-order valence-electron chi connectivity index (χ4n) is 4.10. The molecule has 0 radical (unpaired) electrons. The molecule has 1 aliphatic heterocycles. The molecule has 0 unspecified atom stereocenters. The number of rotatable bonds is 10. The van der Waals surface area contributed by atoms with E-state index >= 15 is 0 Å². The third-order valence-electron chi connectivity index (χ3n) is 6.29. The highest BCUT2D eigenvalue weighted by Crippen LogP contribution is 2.24. The summed E-state index contributed by atoms with van der Waals surface area (Å²) in [5.41, 5.74) is 0.875. The molecule has 7 nitrogen and oxygen atoms in total. The van der Waals surface area contributed by atoms with E-state index in [1.165, 1.54) is 26.1 Å². The van der Waals surface area contributed by atoms with Gasteiger partial charge in [0.15, 0.2) is 0 Å². The largest absolute Gasteiger partial charge is 0.491 e. The minimum absolute atomic E-state index is 0.253. The van der Waals surface area contributed by atoms with Crippen LogP contribution in [0.4, 0.5) is 13.2 Å². The molecule has 0 spiro atoms. The third-order valence-corrected chi connectivity index (χ3v) is 6.29. The number of esters is 1. The molecule has 37 heavy (non-hydrogen) atoms. The molecule has 198 valence electrons. The number of hydrogen-bond donors (Lipinski definition) is 2. The van der Waals surface area contributed by atoms with Crippen LogP contribution in [0.2, 0.25) is 0 Å². The second-order valence-electron chi connectivity index (χ2n) is 8.74. The van der Waals surface area contributed by atoms with E-state index in [-0.39, 0.29) is 12.3 Å². The highest BCUT2D eigenvalue weighted by atomic mass is 19.4. The average molecular weight is 518 g/mol. The van der Waals surface area contributed by atoms with E-state index in [0.29, 0.717) is 25.9 Å². The second kappa shape index (κ2) is 12.1. The minimum atomic E-state index is -5.26. The Kier molecular flexibility index (Phi) is 9.09. The second-order valence-corrected chi connectivity index (χ2v) is 8.74. The van der Waals surface area contributed by atoms with Crippen LogP contribution in [0.25, 0.3) is 0 Å². The van der Waals surface area contributed by atoms with Crippen LogP contribution in [-0.2, 0) is 38.6 Å². The van der Waals surface area contributed by atoms with Crippen molar-refractivity contribution in [2.45, 2.75) is 57.2 Å². The van der Waals surface area contributed by atoms with Crippen LogP contribution in [0.15, 0.2) is 66.7 Å². The number of benzene rings is 2. The zero-order chi connectivity index (χ0) is 27.1. The van der Waals surface area contributed by atoms with Crippen molar-refractivity contribution < 1.29 is 32.3 Å². The molecule has 1 aliphatic rings. The summed E-state index contributed by atoms with van der Waals surface area (Å²) in [5.74, 6) is -3.67.